The van der Waals surface area contributed by atoms with Gasteiger partial charge in [-0.1, -0.05) is 49.2 Å². The first-order chi connectivity index (χ1) is 13.0. The number of carbonyl (C=O) groups excluding carboxylic acids is 2. The molecule has 0 fully saturated rings. The first-order valence-electron chi connectivity index (χ1n) is 9.70. The minimum atomic E-state index is -0.306. The Labute approximate surface area is 161 Å². The summed E-state index contributed by atoms with van der Waals surface area (Å²) in [5.74, 6) is -0.187. The molecule has 1 heterocycles. The number of carbonyl (C=O) groups is 2. The third kappa shape index (κ3) is 4.21. The van der Waals surface area contributed by atoms with E-state index < -0.39 is 0 Å². The lowest BCUT2D eigenvalue weighted by molar-refractivity contribution is -0.150. The minimum absolute atomic E-state index is 0.0241. The van der Waals surface area contributed by atoms with E-state index in [0.29, 0.717) is 18.4 Å². The Morgan fingerprint density at radius 1 is 1.15 bits per heavy atom. The lowest BCUT2D eigenvalue weighted by Crippen LogP contribution is -2.44. The van der Waals surface area contributed by atoms with Crippen molar-refractivity contribution in [3.63, 3.8) is 0 Å². The summed E-state index contributed by atoms with van der Waals surface area (Å²) in [5.41, 5.74) is 3.50. The molecule has 2 aromatic rings. The summed E-state index contributed by atoms with van der Waals surface area (Å²) >= 11 is 0. The lowest BCUT2D eigenvalue weighted by Gasteiger charge is -2.39. The maximum absolute atomic E-state index is 13.1. The Morgan fingerprint density at radius 3 is 2.59 bits per heavy atom. The standard InChI is InChI=1S/C23H27NO3/c1-4-5-11-22(25)27-21-15-17(3)24(20-13-12-16(2)14-19(20)21)23(26)18-9-7-6-8-10-18/h6-10,12-14,17,21H,4-5,11,15H2,1-3H3/t17-,21-/m1/s1. The van der Waals surface area contributed by atoms with Gasteiger partial charge in [-0.25, -0.2) is 0 Å². The average molecular weight is 365 g/mol. The van der Waals surface area contributed by atoms with Gasteiger partial charge >= 0.3 is 5.97 Å². The van der Waals surface area contributed by atoms with Crippen LogP contribution in [-0.2, 0) is 9.53 Å². The molecule has 1 aliphatic rings. The van der Waals surface area contributed by atoms with E-state index in [9.17, 15) is 9.59 Å². The van der Waals surface area contributed by atoms with Gasteiger partial charge in [-0.05, 0) is 38.5 Å². The van der Waals surface area contributed by atoms with E-state index in [1.54, 1.807) is 0 Å². The highest BCUT2D eigenvalue weighted by Crippen LogP contribution is 2.40. The number of hydrogen-bond acceptors (Lipinski definition) is 3. The molecule has 4 nitrogen and oxygen atoms in total. The number of nitrogens with zero attached hydrogens (tertiary/aromatic N) is 1. The fourth-order valence-corrected chi connectivity index (χ4v) is 3.61. The molecule has 0 radical (unpaired) electrons. The molecule has 27 heavy (non-hydrogen) atoms. The maximum Gasteiger partial charge on any atom is 0.306 e. The van der Waals surface area contributed by atoms with Crippen LogP contribution in [0.25, 0.3) is 0 Å². The molecule has 0 aliphatic carbocycles. The number of rotatable bonds is 5. The Hall–Kier alpha value is -2.62. The number of amides is 1. The number of unbranched alkanes of at least 4 members (excludes halogenated alkanes) is 1. The second-order valence-corrected chi connectivity index (χ2v) is 7.27. The zero-order valence-corrected chi connectivity index (χ0v) is 16.3. The minimum Gasteiger partial charge on any atom is -0.457 e. The number of benzene rings is 2. The molecule has 1 amide bonds. The topological polar surface area (TPSA) is 46.6 Å². The highest BCUT2D eigenvalue weighted by atomic mass is 16.5. The van der Waals surface area contributed by atoms with Crippen LogP contribution in [0.1, 0.15) is 67.1 Å². The maximum atomic E-state index is 13.1. The van der Waals surface area contributed by atoms with Crippen molar-refractivity contribution in [1.29, 1.82) is 0 Å². The Bertz CT molecular complexity index is 816. The fourth-order valence-electron chi connectivity index (χ4n) is 3.61. The van der Waals surface area contributed by atoms with Crippen molar-refractivity contribution in [2.45, 2.75) is 58.6 Å². The number of hydrogen-bond donors (Lipinski definition) is 0. The summed E-state index contributed by atoms with van der Waals surface area (Å²) in [6.07, 6.45) is 2.53. The van der Waals surface area contributed by atoms with E-state index in [2.05, 4.69) is 6.92 Å². The van der Waals surface area contributed by atoms with Crippen molar-refractivity contribution < 1.29 is 14.3 Å². The molecule has 0 N–H and O–H groups in total. The summed E-state index contributed by atoms with van der Waals surface area (Å²) in [7, 11) is 0. The van der Waals surface area contributed by atoms with Crippen LogP contribution in [0.15, 0.2) is 48.5 Å². The van der Waals surface area contributed by atoms with E-state index >= 15 is 0 Å². The van der Waals surface area contributed by atoms with Gasteiger partial charge in [0.1, 0.15) is 6.10 Å². The van der Waals surface area contributed by atoms with Crippen molar-refractivity contribution in [1.82, 2.24) is 0 Å². The summed E-state index contributed by atoms with van der Waals surface area (Å²) in [6, 6.07) is 15.2. The molecule has 1 aliphatic heterocycles. The molecule has 0 saturated heterocycles. The van der Waals surface area contributed by atoms with Crippen molar-refractivity contribution in [3.8, 4) is 0 Å². The summed E-state index contributed by atoms with van der Waals surface area (Å²) in [6.45, 7) is 6.08. The predicted octanol–water partition coefficient (Wildman–Crippen LogP) is 5.21. The van der Waals surface area contributed by atoms with Gasteiger partial charge in [0.15, 0.2) is 0 Å². The second kappa shape index (κ2) is 8.38. The predicted molar refractivity (Wildman–Crippen MR) is 107 cm³/mol. The Morgan fingerprint density at radius 2 is 1.89 bits per heavy atom. The van der Waals surface area contributed by atoms with Crippen LogP contribution in [0, 0.1) is 6.92 Å². The van der Waals surface area contributed by atoms with Gasteiger partial charge in [0.2, 0.25) is 0 Å². The summed E-state index contributed by atoms with van der Waals surface area (Å²) in [5, 5.41) is 0. The molecule has 0 bridgehead atoms. The summed E-state index contributed by atoms with van der Waals surface area (Å²) in [4.78, 5) is 27.2. The van der Waals surface area contributed by atoms with E-state index in [-0.39, 0.29) is 24.0 Å². The van der Waals surface area contributed by atoms with Crippen molar-refractivity contribution in [2.75, 3.05) is 4.90 Å². The van der Waals surface area contributed by atoms with E-state index in [4.69, 9.17) is 4.74 Å². The van der Waals surface area contributed by atoms with E-state index in [0.717, 1.165) is 29.7 Å². The van der Waals surface area contributed by atoms with Gasteiger partial charge in [-0.15, -0.1) is 0 Å². The van der Waals surface area contributed by atoms with Crippen LogP contribution in [0.2, 0.25) is 0 Å². The van der Waals surface area contributed by atoms with Crippen molar-refractivity contribution in [3.05, 3.63) is 65.2 Å². The third-order valence-corrected chi connectivity index (χ3v) is 5.03. The van der Waals surface area contributed by atoms with E-state index in [1.165, 1.54) is 0 Å². The fraction of sp³-hybridized carbons (Fsp3) is 0.391. The third-order valence-electron chi connectivity index (χ3n) is 5.03. The number of fused-ring (bicyclic) bond motifs is 1. The first-order valence-corrected chi connectivity index (χ1v) is 9.70. The SMILES string of the molecule is CCCCC(=O)O[C@@H]1C[C@@H](C)N(C(=O)c2ccccc2)c2ccc(C)cc21. The van der Waals surface area contributed by atoms with Gasteiger partial charge in [-0.2, -0.15) is 0 Å². The molecule has 0 spiro atoms. The molecule has 0 aromatic heterocycles. The molecule has 2 aromatic carbocycles. The monoisotopic (exact) mass is 365 g/mol. The first kappa shape index (κ1) is 19.2. The van der Waals surface area contributed by atoms with Gasteiger partial charge < -0.3 is 9.64 Å². The number of ether oxygens (including phenoxy) is 1. The molecule has 142 valence electrons. The molecular formula is C23H27NO3. The largest absolute Gasteiger partial charge is 0.457 e. The van der Waals surface area contributed by atoms with Crippen LogP contribution >= 0.6 is 0 Å². The van der Waals surface area contributed by atoms with Crippen molar-refractivity contribution >= 4 is 17.6 Å². The lowest BCUT2D eigenvalue weighted by atomic mass is 9.91. The highest BCUT2D eigenvalue weighted by molar-refractivity contribution is 6.07. The zero-order valence-electron chi connectivity index (χ0n) is 16.3. The van der Waals surface area contributed by atoms with Crippen LogP contribution in [0.5, 0.6) is 0 Å². The Kier molecular flexibility index (Phi) is 5.94. The molecule has 2 atom stereocenters. The molecular weight excluding hydrogens is 338 g/mol. The van der Waals surface area contributed by atoms with Gasteiger partial charge in [0, 0.05) is 30.0 Å². The van der Waals surface area contributed by atoms with Crippen LogP contribution in [-0.4, -0.2) is 17.9 Å². The van der Waals surface area contributed by atoms with Crippen molar-refractivity contribution in [2.24, 2.45) is 0 Å². The average Bonchev–Trinajstić information content (AvgIpc) is 2.67. The molecule has 3 rings (SSSR count). The van der Waals surface area contributed by atoms with E-state index in [1.807, 2.05) is 67.3 Å². The Balaban J connectivity index is 1.93. The number of aryl methyl sites for hydroxylation is 1. The van der Waals surface area contributed by atoms with Gasteiger partial charge in [0.25, 0.3) is 5.91 Å². The van der Waals surface area contributed by atoms with Gasteiger partial charge in [-0.3, -0.25) is 9.59 Å². The normalized spacial score (nSPS) is 18.7. The zero-order chi connectivity index (χ0) is 19.4. The molecule has 4 heteroatoms. The molecule has 0 unspecified atom stereocenters. The quantitative estimate of drug-likeness (QED) is 0.684. The van der Waals surface area contributed by atoms with Crippen LogP contribution < -0.4 is 4.90 Å². The highest BCUT2D eigenvalue weighted by Gasteiger charge is 2.36. The van der Waals surface area contributed by atoms with Crippen LogP contribution in [0.4, 0.5) is 5.69 Å². The number of esters is 1. The van der Waals surface area contributed by atoms with Crippen LogP contribution in [0.3, 0.4) is 0 Å². The summed E-state index contributed by atoms with van der Waals surface area (Å²) < 4.78 is 5.80. The number of anilines is 1. The smallest absolute Gasteiger partial charge is 0.306 e. The van der Waals surface area contributed by atoms with Gasteiger partial charge in [0.05, 0.1) is 5.69 Å². The second-order valence-electron chi connectivity index (χ2n) is 7.27. The molecule has 0 saturated carbocycles.